The van der Waals surface area contributed by atoms with Crippen LogP contribution in [0.25, 0.3) is 0 Å². The monoisotopic (exact) mass is 470 g/mol. The molecule has 8 heteroatoms. The second-order valence-corrected chi connectivity index (χ2v) is 8.92. The highest BCUT2D eigenvalue weighted by Crippen LogP contribution is 2.22. The van der Waals surface area contributed by atoms with Gasteiger partial charge in [0, 0.05) is 43.8 Å². The van der Waals surface area contributed by atoms with E-state index in [1.54, 1.807) is 17.0 Å². The molecule has 0 saturated carbocycles. The van der Waals surface area contributed by atoms with Gasteiger partial charge in [-0.25, -0.2) is 0 Å². The molecule has 0 bridgehead atoms. The average molecular weight is 471 g/mol. The summed E-state index contributed by atoms with van der Waals surface area (Å²) in [7, 11) is 0. The largest absolute Gasteiger partial charge is 0.349 e. The topological polar surface area (TPSA) is 81.8 Å². The number of anilines is 1. The summed E-state index contributed by atoms with van der Waals surface area (Å²) in [6.07, 6.45) is 0.175. The summed E-state index contributed by atoms with van der Waals surface area (Å²) in [5.74, 6) is -0.272. The molecule has 3 amide bonds. The van der Waals surface area contributed by atoms with E-state index >= 15 is 0 Å². The summed E-state index contributed by atoms with van der Waals surface area (Å²) in [5, 5.41) is 6.48. The van der Waals surface area contributed by atoms with Crippen molar-refractivity contribution < 1.29 is 14.4 Å². The number of piperazine rings is 1. The van der Waals surface area contributed by atoms with Gasteiger partial charge in [0.15, 0.2) is 0 Å². The fourth-order valence-electron chi connectivity index (χ4n) is 4.05. The van der Waals surface area contributed by atoms with Crippen LogP contribution < -0.4 is 10.6 Å². The molecule has 0 aromatic heterocycles. The quantitative estimate of drug-likeness (QED) is 0.650. The van der Waals surface area contributed by atoms with Gasteiger partial charge in [0.2, 0.25) is 17.7 Å². The maximum atomic E-state index is 12.9. The summed E-state index contributed by atoms with van der Waals surface area (Å²) in [5.41, 5.74) is 3.77. The van der Waals surface area contributed by atoms with Crippen molar-refractivity contribution in [3.63, 3.8) is 0 Å². The zero-order valence-corrected chi connectivity index (χ0v) is 20.1. The maximum absolute atomic E-state index is 12.9. The molecule has 2 N–H and O–H groups in total. The summed E-state index contributed by atoms with van der Waals surface area (Å²) < 4.78 is 0. The highest BCUT2D eigenvalue weighted by atomic mass is 35.5. The second-order valence-electron chi connectivity index (χ2n) is 8.48. The molecular formula is C25H31ClN4O3. The smallest absolute Gasteiger partial charge is 0.238 e. The van der Waals surface area contributed by atoms with E-state index < -0.39 is 6.04 Å². The van der Waals surface area contributed by atoms with E-state index in [-0.39, 0.29) is 30.7 Å². The van der Waals surface area contributed by atoms with E-state index in [1.807, 2.05) is 44.2 Å². The third-order valence-corrected chi connectivity index (χ3v) is 6.12. The highest BCUT2D eigenvalue weighted by molar-refractivity contribution is 6.30. The Balaban J connectivity index is 1.51. The van der Waals surface area contributed by atoms with E-state index in [4.69, 9.17) is 11.6 Å². The fraction of sp³-hybridized carbons (Fsp3) is 0.400. The molecule has 1 fully saturated rings. The molecule has 0 radical (unpaired) electrons. The van der Waals surface area contributed by atoms with Gasteiger partial charge in [0.1, 0.15) is 0 Å². The molecule has 1 aliphatic heterocycles. The number of carbonyl (C=O) groups excluding carboxylic acids is 3. The summed E-state index contributed by atoms with van der Waals surface area (Å²) in [6.45, 7) is 8.02. The molecule has 1 atom stereocenters. The Bertz CT molecular complexity index is 981. The molecule has 33 heavy (non-hydrogen) atoms. The van der Waals surface area contributed by atoms with Crippen molar-refractivity contribution in [2.75, 3.05) is 38.0 Å². The Labute approximate surface area is 200 Å². The molecular weight excluding hydrogens is 440 g/mol. The van der Waals surface area contributed by atoms with Crippen molar-refractivity contribution in [2.24, 2.45) is 0 Å². The van der Waals surface area contributed by atoms with Crippen molar-refractivity contribution in [1.82, 2.24) is 15.1 Å². The zero-order valence-electron chi connectivity index (χ0n) is 19.4. The van der Waals surface area contributed by atoms with Crippen LogP contribution in [0.15, 0.2) is 42.5 Å². The van der Waals surface area contributed by atoms with Crippen LogP contribution >= 0.6 is 11.6 Å². The van der Waals surface area contributed by atoms with Crippen molar-refractivity contribution in [2.45, 2.75) is 33.2 Å². The number of para-hydroxylation sites is 1. The van der Waals surface area contributed by atoms with Gasteiger partial charge in [-0.05, 0) is 42.7 Å². The molecule has 176 valence electrons. The Kier molecular flexibility index (Phi) is 8.47. The van der Waals surface area contributed by atoms with Crippen LogP contribution in [0, 0.1) is 13.8 Å². The number of hydrogen-bond acceptors (Lipinski definition) is 4. The lowest BCUT2D eigenvalue weighted by Gasteiger charge is -2.35. The third kappa shape index (κ3) is 7.04. The summed E-state index contributed by atoms with van der Waals surface area (Å²) >= 11 is 5.96. The number of nitrogens with one attached hydrogen (secondary N) is 2. The molecule has 1 saturated heterocycles. The number of hydrogen-bond donors (Lipinski definition) is 2. The van der Waals surface area contributed by atoms with E-state index in [2.05, 4.69) is 15.5 Å². The van der Waals surface area contributed by atoms with Gasteiger partial charge in [0.05, 0.1) is 19.0 Å². The number of nitrogens with zero attached hydrogens (tertiary/aromatic N) is 2. The average Bonchev–Trinajstić information content (AvgIpc) is 2.76. The van der Waals surface area contributed by atoms with Crippen LogP contribution in [0.2, 0.25) is 5.02 Å². The zero-order chi connectivity index (χ0) is 24.0. The Morgan fingerprint density at radius 2 is 1.58 bits per heavy atom. The molecule has 0 aliphatic carbocycles. The summed E-state index contributed by atoms with van der Waals surface area (Å²) in [4.78, 5) is 41.0. The number of carbonyl (C=O) groups is 3. The maximum Gasteiger partial charge on any atom is 0.238 e. The standard InChI is InChI=1S/C25H31ClN4O3/c1-17-5-4-6-18(2)25(17)28-23(32)16-29-11-13-30(14-12-29)24(33)15-22(27-19(3)31)20-7-9-21(26)10-8-20/h4-10,22H,11-16H2,1-3H3,(H,27,31)(H,28,32). The first-order valence-electron chi connectivity index (χ1n) is 11.1. The Hall–Kier alpha value is -2.90. The number of halogens is 1. The van der Waals surface area contributed by atoms with Crippen molar-refractivity contribution >= 4 is 35.0 Å². The van der Waals surface area contributed by atoms with E-state index in [9.17, 15) is 14.4 Å². The van der Waals surface area contributed by atoms with Gasteiger partial charge >= 0.3 is 0 Å². The van der Waals surface area contributed by atoms with Crippen LogP contribution in [-0.2, 0) is 14.4 Å². The molecule has 1 unspecified atom stereocenters. The van der Waals surface area contributed by atoms with E-state index in [1.165, 1.54) is 6.92 Å². The number of benzene rings is 2. The highest BCUT2D eigenvalue weighted by Gasteiger charge is 2.25. The van der Waals surface area contributed by atoms with Crippen molar-refractivity contribution in [3.05, 3.63) is 64.2 Å². The van der Waals surface area contributed by atoms with E-state index in [0.717, 1.165) is 22.4 Å². The predicted molar refractivity (Wildman–Crippen MR) is 130 cm³/mol. The minimum atomic E-state index is -0.409. The normalized spacial score (nSPS) is 15.1. The molecule has 1 aliphatic rings. The molecule has 0 spiro atoms. The first kappa shape index (κ1) is 24.7. The van der Waals surface area contributed by atoms with Crippen molar-refractivity contribution in [1.29, 1.82) is 0 Å². The Morgan fingerprint density at radius 1 is 0.970 bits per heavy atom. The van der Waals surface area contributed by atoms with Crippen LogP contribution in [0.5, 0.6) is 0 Å². The van der Waals surface area contributed by atoms with Gasteiger partial charge < -0.3 is 15.5 Å². The van der Waals surface area contributed by atoms with Crippen LogP contribution in [0.3, 0.4) is 0 Å². The molecule has 2 aromatic carbocycles. The first-order valence-corrected chi connectivity index (χ1v) is 11.5. The third-order valence-electron chi connectivity index (χ3n) is 5.87. The van der Waals surface area contributed by atoms with Crippen LogP contribution in [0.4, 0.5) is 5.69 Å². The lowest BCUT2D eigenvalue weighted by atomic mass is 10.0. The van der Waals surface area contributed by atoms with Gasteiger partial charge in [-0.2, -0.15) is 0 Å². The van der Waals surface area contributed by atoms with Gasteiger partial charge in [-0.1, -0.05) is 41.9 Å². The molecule has 1 heterocycles. The number of rotatable bonds is 7. The molecule has 7 nitrogen and oxygen atoms in total. The number of aryl methyl sites for hydroxylation is 2. The minimum absolute atomic E-state index is 0.0247. The van der Waals surface area contributed by atoms with Gasteiger partial charge in [0.25, 0.3) is 0 Å². The van der Waals surface area contributed by atoms with Crippen LogP contribution in [0.1, 0.15) is 36.1 Å². The van der Waals surface area contributed by atoms with E-state index in [0.29, 0.717) is 31.2 Å². The van der Waals surface area contributed by atoms with Crippen molar-refractivity contribution in [3.8, 4) is 0 Å². The SMILES string of the molecule is CC(=O)NC(CC(=O)N1CCN(CC(=O)Nc2c(C)cccc2C)CC1)c1ccc(Cl)cc1. The molecule has 2 aromatic rings. The predicted octanol–water partition coefficient (Wildman–Crippen LogP) is 3.31. The van der Waals surface area contributed by atoms with Crippen LogP contribution in [-0.4, -0.2) is 60.2 Å². The lowest BCUT2D eigenvalue weighted by molar-refractivity contribution is -0.133. The fourth-order valence-corrected chi connectivity index (χ4v) is 4.17. The van der Waals surface area contributed by atoms with Gasteiger partial charge in [-0.3, -0.25) is 19.3 Å². The summed E-state index contributed by atoms with van der Waals surface area (Å²) in [6, 6.07) is 12.7. The number of amides is 3. The first-order chi connectivity index (χ1) is 15.7. The van der Waals surface area contributed by atoms with Gasteiger partial charge in [-0.15, -0.1) is 0 Å². The lowest BCUT2D eigenvalue weighted by Crippen LogP contribution is -2.51. The Morgan fingerprint density at radius 3 is 2.15 bits per heavy atom. The minimum Gasteiger partial charge on any atom is -0.349 e. The second kappa shape index (κ2) is 11.3. The molecule has 3 rings (SSSR count).